The first-order valence-corrected chi connectivity index (χ1v) is 10.8. The molecule has 4 rings (SSSR count). The van der Waals surface area contributed by atoms with Gasteiger partial charge in [-0.2, -0.15) is 5.26 Å². The average molecular weight is 439 g/mol. The molecular weight excluding hydrogens is 411 g/mol. The summed E-state index contributed by atoms with van der Waals surface area (Å²) in [5.41, 5.74) is 0.916. The van der Waals surface area contributed by atoms with E-state index in [1.807, 2.05) is 43.9 Å². The molecule has 2 aromatic rings. The minimum atomic E-state index is -0.529. The van der Waals surface area contributed by atoms with Gasteiger partial charge in [0.2, 0.25) is 5.88 Å². The fourth-order valence-corrected chi connectivity index (χ4v) is 4.33. The number of hydrogen-bond donors (Lipinski definition) is 0. The SMILES string of the molecule is CC(C)(C)OC(=O)N1C2CCC1CN(c1cccnc1OCc1ccc(C#N)cc1F)C2. The zero-order chi connectivity index (χ0) is 22.9. The van der Waals surface area contributed by atoms with E-state index in [2.05, 4.69) is 9.88 Å². The molecule has 2 aliphatic rings. The Labute approximate surface area is 187 Å². The second-order valence-electron chi connectivity index (χ2n) is 9.21. The van der Waals surface area contributed by atoms with E-state index in [1.54, 1.807) is 18.3 Å². The van der Waals surface area contributed by atoms with Crippen LogP contribution in [0.1, 0.15) is 44.7 Å². The van der Waals surface area contributed by atoms with E-state index >= 15 is 0 Å². The third kappa shape index (κ3) is 4.62. The minimum absolute atomic E-state index is 0.00624. The van der Waals surface area contributed by atoms with Crippen molar-refractivity contribution in [1.29, 1.82) is 5.26 Å². The maximum absolute atomic E-state index is 14.2. The smallest absolute Gasteiger partial charge is 0.410 e. The third-order valence-corrected chi connectivity index (χ3v) is 5.72. The monoisotopic (exact) mass is 438 g/mol. The van der Waals surface area contributed by atoms with Gasteiger partial charge in [0, 0.05) is 24.8 Å². The van der Waals surface area contributed by atoms with Gasteiger partial charge in [-0.3, -0.25) is 4.90 Å². The Morgan fingerprint density at radius 2 is 1.97 bits per heavy atom. The van der Waals surface area contributed by atoms with Gasteiger partial charge in [0.25, 0.3) is 0 Å². The van der Waals surface area contributed by atoms with Gasteiger partial charge in [-0.25, -0.2) is 14.2 Å². The molecule has 0 spiro atoms. The van der Waals surface area contributed by atoms with Crippen molar-refractivity contribution >= 4 is 11.8 Å². The van der Waals surface area contributed by atoms with Gasteiger partial charge >= 0.3 is 6.09 Å². The summed E-state index contributed by atoms with van der Waals surface area (Å²) < 4.78 is 25.7. The number of halogens is 1. The first kappa shape index (κ1) is 21.9. The molecule has 1 aromatic carbocycles. The molecule has 32 heavy (non-hydrogen) atoms. The molecular formula is C24H27FN4O3. The normalized spacial score (nSPS) is 20.1. The fraction of sp³-hybridized carbons (Fsp3) is 0.458. The molecule has 2 bridgehead atoms. The van der Waals surface area contributed by atoms with Crippen molar-refractivity contribution in [2.75, 3.05) is 18.0 Å². The van der Waals surface area contributed by atoms with Gasteiger partial charge in [0.15, 0.2) is 0 Å². The summed E-state index contributed by atoms with van der Waals surface area (Å²) in [6.45, 7) is 6.94. The number of amides is 1. The molecule has 7 nitrogen and oxygen atoms in total. The predicted octanol–water partition coefficient (Wildman–Crippen LogP) is 4.26. The standard InChI is InChI=1S/C24H27FN4O3/c1-24(2,3)32-23(30)29-18-8-9-19(29)14-28(13-18)21-5-4-10-27-22(21)31-15-17-7-6-16(12-26)11-20(17)25/h4-7,10-11,18-19H,8-9,13-15H2,1-3H3. The quantitative estimate of drug-likeness (QED) is 0.710. The summed E-state index contributed by atoms with van der Waals surface area (Å²) in [6.07, 6.45) is 3.23. The van der Waals surface area contributed by atoms with E-state index in [1.165, 1.54) is 6.07 Å². The summed E-state index contributed by atoms with van der Waals surface area (Å²) in [4.78, 5) is 21.1. The van der Waals surface area contributed by atoms with Crippen LogP contribution in [0.15, 0.2) is 36.5 Å². The Morgan fingerprint density at radius 1 is 1.25 bits per heavy atom. The lowest BCUT2D eigenvalue weighted by atomic mass is 10.1. The maximum atomic E-state index is 14.2. The van der Waals surface area contributed by atoms with E-state index < -0.39 is 11.4 Å². The molecule has 2 fully saturated rings. The number of rotatable bonds is 4. The molecule has 0 radical (unpaired) electrons. The van der Waals surface area contributed by atoms with Crippen LogP contribution < -0.4 is 9.64 Å². The zero-order valence-corrected chi connectivity index (χ0v) is 18.5. The van der Waals surface area contributed by atoms with Gasteiger partial charge in [-0.1, -0.05) is 6.07 Å². The molecule has 1 amide bonds. The van der Waals surface area contributed by atoms with Crippen molar-refractivity contribution in [3.05, 3.63) is 53.5 Å². The number of pyridine rings is 1. The number of benzene rings is 1. The first-order chi connectivity index (χ1) is 15.2. The number of carbonyl (C=O) groups is 1. The van der Waals surface area contributed by atoms with Crippen LogP contribution in [0.5, 0.6) is 5.88 Å². The molecule has 2 saturated heterocycles. The van der Waals surface area contributed by atoms with E-state index in [-0.39, 0.29) is 30.3 Å². The van der Waals surface area contributed by atoms with Gasteiger partial charge in [0.1, 0.15) is 23.7 Å². The fourth-order valence-electron chi connectivity index (χ4n) is 4.33. The number of aromatic nitrogens is 1. The molecule has 8 heteroatoms. The van der Waals surface area contributed by atoms with Crippen LogP contribution in [0, 0.1) is 17.1 Å². The van der Waals surface area contributed by atoms with Crippen molar-refractivity contribution in [3.8, 4) is 11.9 Å². The highest BCUT2D eigenvalue weighted by molar-refractivity contribution is 5.70. The molecule has 0 N–H and O–H groups in total. The Kier molecular flexibility index (Phi) is 5.92. The second kappa shape index (κ2) is 8.65. The molecule has 3 heterocycles. The van der Waals surface area contributed by atoms with Crippen LogP contribution in [0.3, 0.4) is 0 Å². The van der Waals surface area contributed by atoms with Crippen LogP contribution in [0.25, 0.3) is 0 Å². The number of nitrogens with zero attached hydrogens (tertiary/aromatic N) is 4. The van der Waals surface area contributed by atoms with Crippen molar-refractivity contribution in [2.24, 2.45) is 0 Å². The summed E-state index contributed by atoms with van der Waals surface area (Å²) in [5, 5.41) is 8.90. The van der Waals surface area contributed by atoms with Gasteiger partial charge < -0.3 is 14.4 Å². The highest BCUT2D eigenvalue weighted by atomic mass is 19.1. The largest absolute Gasteiger partial charge is 0.471 e. The van der Waals surface area contributed by atoms with E-state index in [0.717, 1.165) is 18.5 Å². The van der Waals surface area contributed by atoms with Crippen LogP contribution in [-0.2, 0) is 11.3 Å². The highest BCUT2D eigenvalue weighted by Crippen LogP contribution is 2.36. The van der Waals surface area contributed by atoms with Gasteiger partial charge in [-0.15, -0.1) is 0 Å². The number of fused-ring (bicyclic) bond motifs is 2. The summed E-state index contributed by atoms with van der Waals surface area (Å²) >= 11 is 0. The van der Waals surface area contributed by atoms with E-state index in [9.17, 15) is 9.18 Å². The first-order valence-electron chi connectivity index (χ1n) is 10.8. The molecule has 0 saturated carbocycles. The Hall–Kier alpha value is -3.34. The Balaban J connectivity index is 1.47. The number of ether oxygens (including phenoxy) is 2. The Bertz CT molecular complexity index is 1030. The topological polar surface area (TPSA) is 78.7 Å². The molecule has 1 aromatic heterocycles. The van der Waals surface area contributed by atoms with E-state index in [4.69, 9.17) is 14.7 Å². The van der Waals surface area contributed by atoms with Crippen LogP contribution in [0.2, 0.25) is 0 Å². The average Bonchev–Trinajstić information content (AvgIpc) is 3.02. The molecule has 168 valence electrons. The highest BCUT2D eigenvalue weighted by Gasteiger charge is 2.44. The minimum Gasteiger partial charge on any atom is -0.471 e. The summed E-state index contributed by atoms with van der Waals surface area (Å²) in [7, 11) is 0. The van der Waals surface area contributed by atoms with Gasteiger partial charge in [-0.05, 0) is 57.9 Å². The van der Waals surface area contributed by atoms with Crippen LogP contribution in [-0.4, -0.2) is 46.8 Å². The van der Waals surface area contributed by atoms with Crippen molar-refractivity contribution < 1.29 is 18.7 Å². The molecule has 2 aliphatic heterocycles. The van der Waals surface area contributed by atoms with E-state index in [0.29, 0.717) is 24.5 Å². The van der Waals surface area contributed by atoms with Crippen molar-refractivity contribution in [2.45, 2.75) is 57.9 Å². The number of nitriles is 1. The van der Waals surface area contributed by atoms with Crippen molar-refractivity contribution in [3.63, 3.8) is 0 Å². The summed E-state index contributed by atoms with van der Waals surface area (Å²) in [5.74, 6) is -0.0630. The molecule has 2 unspecified atom stereocenters. The lowest BCUT2D eigenvalue weighted by molar-refractivity contribution is 0.0123. The number of piperazine rings is 1. The number of anilines is 1. The second-order valence-corrected chi connectivity index (χ2v) is 9.21. The van der Waals surface area contributed by atoms with Crippen LogP contribution in [0.4, 0.5) is 14.9 Å². The van der Waals surface area contributed by atoms with Gasteiger partial charge in [0.05, 0.1) is 23.7 Å². The molecule has 0 aliphatic carbocycles. The number of hydrogen-bond acceptors (Lipinski definition) is 6. The Morgan fingerprint density at radius 3 is 2.59 bits per heavy atom. The predicted molar refractivity (Wildman–Crippen MR) is 117 cm³/mol. The summed E-state index contributed by atoms with van der Waals surface area (Å²) in [6, 6.07) is 10.1. The van der Waals surface area contributed by atoms with Crippen LogP contribution >= 0.6 is 0 Å². The zero-order valence-electron chi connectivity index (χ0n) is 18.5. The lowest BCUT2D eigenvalue weighted by Crippen LogP contribution is -2.56. The third-order valence-electron chi connectivity index (χ3n) is 5.72. The lowest BCUT2D eigenvalue weighted by Gasteiger charge is -2.42. The maximum Gasteiger partial charge on any atom is 0.410 e. The molecule has 2 atom stereocenters. The number of carbonyl (C=O) groups excluding carboxylic acids is 1. The van der Waals surface area contributed by atoms with Crippen molar-refractivity contribution in [1.82, 2.24) is 9.88 Å².